The zero-order chi connectivity index (χ0) is 11.4. The summed E-state index contributed by atoms with van der Waals surface area (Å²) in [6.45, 7) is 1.01. The molecule has 5 heteroatoms. The van der Waals surface area contributed by atoms with Crippen LogP contribution < -0.4 is 5.32 Å². The van der Waals surface area contributed by atoms with Gasteiger partial charge in [-0.3, -0.25) is 4.68 Å². The quantitative estimate of drug-likeness (QED) is 0.843. The lowest BCUT2D eigenvalue weighted by Gasteiger charge is -2.03. The van der Waals surface area contributed by atoms with Crippen LogP contribution in [-0.4, -0.2) is 14.8 Å². The molecule has 0 fully saturated rings. The van der Waals surface area contributed by atoms with E-state index in [1.165, 1.54) is 6.07 Å². The normalized spacial score (nSPS) is 10.6. The first-order valence-electron chi connectivity index (χ1n) is 5.04. The number of aryl methyl sites for hydroxylation is 1. The third kappa shape index (κ3) is 2.64. The summed E-state index contributed by atoms with van der Waals surface area (Å²) in [5.74, 6) is 0.516. The largest absolute Gasteiger partial charge is 0.306 e. The van der Waals surface area contributed by atoms with E-state index in [2.05, 4.69) is 15.4 Å². The Labute approximate surface area is 93.1 Å². The number of nitrogens with zero attached hydrogens (tertiary/aromatic N) is 3. The molecule has 4 nitrogen and oxygen atoms in total. The van der Waals surface area contributed by atoms with E-state index in [1.807, 2.05) is 13.1 Å². The number of hydrogen-bond donors (Lipinski definition) is 1. The van der Waals surface area contributed by atoms with Gasteiger partial charge in [0.2, 0.25) is 0 Å². The number of rotatable bonds is 4. The van der Waals surface area contributed by atoms with Gasteiger partial charge >= 0.3 is 0 Å². The van der Waals surface area contributed by atoms with Crippen molar-refractivity contribution in [2.75, 3.05) is 0 Å². The second-order valence-electron chi connectivity index (χ2n) is 3.53. The summed E-state index contributed by atoms with van der Waals surface area (Å²) in [5.41, 5.74) is 0.651. The van der Waals surface area contributed by atoms with Crippen molar-refractivity contribution in [1.82, 2.24) is 20.1 Å². The van der Waals surface area contributed by atoms with Crippen molar-refractivity contribution in [3.8, 4) is 0 Å². The summed E-state index contributed by atoms with van der Waals surface area (Å²) < 4.78 is 14.9. The van der Waals surface area contributed by atoms with Crippen molar-refractivity contribution in [2.24, 2.45) is 7.05 Å². The Morgan fingerprint density at radius 3 is 2.81 bits per heavy atom. The maximum absolute atomic E-state index is 13.2. The van der Waals surface area contributed by atoms with E-state index in [0.717, 1.165) is 0 Å². The molecule has 0 saturated carbocycles. The zero-order valence-corrected chi connectivity index (χ0v) is 9.02. The molecule has 0 saturated heterocycles. The molecule has 0 spiro atoms. The molecule has 16 heavy (non-hydrogen) atoms. The Kier molecular flexibility index (Phi) is 3.26. The van der Waals surface area contributed by atoms with Crippen LogP contribution in [0, 0.1) is 5.82 Å². The van der Waals surface area contributed by atoms with Crippen LogP contribution in [0.15, 0.2) is 30.6 Å². The van der Waals surface area contributed by atoms with Crippen molar-refractivity contribution < 1.29 is 4.39 Å². The van der Waals surface area contributed by atoms with Crippen LogP contribution in [0.1, 0.15) is 11.4 Å². The highest BCUT2D eigenvalue weighted by Crippen LogP contribution is 2.05. The van der Waals surface area contributed by atoms with E-state index in [-0.39, 0.29) is 5.82 Å². The lowest BCUT2D eigenvalue weighted by molar-refractivity contribution is 0.581. The Morgan fingerprint density at radius 2 is 2.12 bits per heavy atom. The molecule has 0 radical (unpaired) electrons. The molecule has 0 atom stereocenters. The van der Waals surface area contributed by atoms with Crippen LogP contribution >= 0.6 is 0 Å². The molecular weight excluding hydrogens is 207 g/mol. The van der Waals surface area contributed by atoms with Crippen molar-refractivity contribution in [3.05, 3.63) is 47.8 Å². The topological polar surface area (TPSA) is 42.7 Å². The van der Waals surface area contributed by atoms with Gasteiger partial charge in [0.05, 0.1) is 6.54 Å². The van der Waals surface area contributed by atoms with E-state index in [0.29, 0.717) is 24.5 Å². The number of benzene rings is 1. The van der Waals surface area contributed by atoms with Crippen molar-refractivity contribution in [3.63, 3.8) is 0 Å². The second-order valence-corrected chi connectivity index (χ2v) is 3.53. The summed E-state index contributed by atoms with van der Waals surface area (Å²) in [7, 11) is 1.81. The van der Waals surface area contributed by atoms with E-state index in [4.69, 9.17) is 0 Å². The second kappa shape index (κ2) is 4.85. The molecule has 84 valence electrons. The average Bonchev–Trinajstić information content (AvgIpc) is 2.67. The molecule has 1 N–H and O–H groups in total. The van der Waals surface area contributed by atoms with E-state index >= 15 is 0 Å². The van der Waals surface area contributed by atoms with Crippen molar-refractivity contribution >= 4 is 0 Å². The minimum absolute atomic E-state index is 0.191. The molecule has 0 unspecified atom stereocenters. The van der Waals surface area contributed by atoms with Crippen LogP contribution in [-0.2, 0) is 20.1 Å². The maximum atomic E-state index is 13.2. The van der Waals surface area contributed by atoms with Gasteiger partial charge in [0, 0.05) is 19.2 Å². The molecule has 1 aromatic heterocycles. The van der Waals surface area contributed by atoms with Gasteiger partial charge in [0.1, 0.15) is 12.1 Å². The average molecular weight is 220 g/mol. The van der Waals surface area contributed by atoms with Gasteiger partial charge in [-0.25, -0.2) is 9.37 Å². The molecule has 0 bridgehead atoms. The standard InChI is InChI=1S/C11H13FN4/c1-16-8-14-11(15-16)7-13-6-9-4-2-3-5-10(9)12/h2-5,8,13H,6-7H2,1H3. The van der Waals surface area contributed by atoms with E-state index in [9.17, 15) is 4.39 Å². The lowest BCUT2D eigenvalue weighted by atomic mass is 10.2. The minimum atomic E-state index is -0.191. The van der Waals surface area contributed by atoms with Gasteiger partial charge in [-0.05, 0) is 6.07 Å². The predicted octanol–water partition coefficient (Wildman–Crippen LogP) is 1.24. The molecule has 0 aliphatic carbocycles. The zero-order valence-electron chi connectivity index (χ0n) is 9.02. The highest BCUT2D eigenvalue weighted by atomic mass is 19.1. The van der Waals surface area contributed by atoms with Gasteiger partial charge in [0.15, 0.2) is 5.82 Å². The number of halogens is 1. The predicted molar refractivity (Wildman–Crippen MR) is 57.9 cm³/mol. The highest BCUT2D eigenvalue weighted by molar-refractivity contribution is 5.16. The van der Waals surface area contributed by atoms with Gasteiger partial charge in [-0.15, -0.1) is 0 Å². The Hall–Kier alpha value is -1.75. The van der Waals surface area contributed by atoms with Gasteiger partial charge in [-0.1, -0.05) is 18.2 Å². The summed E-state index contributed by atoms with van der Waals surface area (Å²) in [5, 5.41) is 7.21. The summed E-state index contributed by atoms with van der Waals surface area (Å²) >= 11 is 0. The summed E-state index contributed by atoms with van der Waals surface area (Å²) in [4.78, 5) is 4.06. The Balaban J connectivity index is 1.87. The first kappa shape index (κ1) is 10.8. The number of nitrogens with one attached hydrogen (secondary N) is 1. The number of hydrogen-bond acceptors (Lipinski definition) is 3. The van der Waals surface area contributed by atoms with Crippen LogP contribution in [0.25, 0.3) is 0 Å². The fraction of sp³-hybridized carbons (Fsp3) is 0.273. The molecule has 1 heterocycles. The first-order valence-corrected chi connectivity index (χ1v) is 5.04. The fourth-order valence-corrected chi connectivity index (χ4v) is 1.42. The van der Waals surface area contributed by atoms with E-state index in [1.54, 1.807) is 23.1 Å². The maximum Gasteiger partial charge on any atom is 0.164 e. The molecule has 1 aromatic carbocycles. The lowest BCUT2D eigenvalue weighted by Crippen LogP contribution is -2.14. The smallest absolute Gasteiger partial charge is 0.164 e. The summed E-state index contributed by atoms with van der Waals surface area (Å²) in [6.07, 6.45) is 1.64. The molecule has 0 amide bonds. The van der Waals surface area contributed by atoms with Gasteiger partial charge in [0.25, 0.3) is 0 Å². The monoisotopic (exact) mass is 220 g/mol. The fourth-order valence-electron chi connectivity index (χ4n) is 1.42. The molecule has 0 aliphatic rings. The number of aromatic nitrogens is 3. The van der Waals surface area contributed by atoms with E-state index < -0.39 is 0 Å². The van der Waals surface area contributed by atoms with Crippen molar-refractivity contribution in [1.29, 1.82) is 0 Å². The van der Waals surface area contributed by atoms with Crippen LogP contribution in [0.2, 0.25) is 0 Å². The SMILES string of the molecule is Cn1cnc(CNCc2ccccc2F)n1. The molecule has 2 aromatic rings. The van der Waals surface area contributed by atoms with Crippen LogP contribution in [0.3, 0.4) is 0 Å². The highest BCUT2D eigenvalue weighted by Gasteiger charge is 2.01. The van der Waals surface area contributed by atoms with Crippen LogP contribution in [0.5, 0.6) is 0 Å². The first-order chi connectivity index (χ1) is 7.75. The third-order valence-corrected chi connectivity index (χ3v) is 2.20. The van der Waals surface area contributed by atoms with Gasteiger partial charge < -0.3 is 5.32 Å². The Bertz CT molecular complexity index is 467. The van der Waals surface area contributed by atoms with Crippen molar-refractivity contribution in [2.45, 2.75) is 13.1 Å². The third-order valence-electron chi connectivity index (χ3n) is 2.20. The van der Waals surface area contributed by atoms with Gasteiger partial charge in [-0.2, -0.15) is 5.10 Å². The van der Waals surface area contributed by atoms with Crippen LogP contribution in [0.4, 0.5) is 4.39 Å². The Morgan fingerprint density at radius 1 is 1.31 bits per heavy atom. The molecular formula is C11H13FN4. The molecule has 2 rings (SSSR count). The molecule has 0 aliphatic heterocycles. The summed E-state index contributed by atoms with van der Waals surface area (Å²) in [6, 6.07) is 6.71. The minimum Gasteiger partial charge on any atom is -0.306 e.